The predicted octanol–water partition coefficient (Wildman–Crippen LogP) is 2.99. The minimum atomic E-state index is 0.104. The summed E-state index contributed by atoms with van der Waals surface area (Å²) in [5.74, 6) is 2.20. The molecule has 1 aliphatic rings. The van der Waals surface area contributed by atoms with Gasteiger partial charge in [-0.25, -0.2) is 0 Å². The maximum absolute atomic E-state index is 12.6. The molecule has 8 heteroatoms. The third kappa shape index (κ3) is 3.67. The molecule has 8 nitrogen and oxygen atoms in total. The van der Waals surface area contributed by atoms with Crippen LogP contribution in [0.2, 0.25) is 0 Å². The SMILES string of the molecule is Cc1ccc(-c2nc(C3CCN(C(=O)Cc4c(C)noc4C)CC3)no2)cn1. The molecule has 28 heavy (non-hydrogen) atoms. The van der Waals surface area contributed by atoms with E-state index in [1.165, 1.54) is 0 Å². The second-order valence-electron chi connectivity index (χ2n) is 7.28. The second-order valence-corrected chi connectivity index (χ2v) is 7.28. The quantitative estimate of drug-likeness (QED) is 0.685. The van der Waals surface area contributed by atoms with E-state index in [2.05, 4.69) is 20.3 Å². The van der Waals surface area contributed by atoms with Crippen molar-refractivity contribution in [1.29, 1.82) is 0 Å². The van der Waals surface area contributed by atoms with Crippen LogP contribution in [0.25, 0.3) is 11.5 Å². The molecule has 1 saturated heterocycles. The van der Waals surface area contributed by atoms with Crippen LogP contribution in [0.5, 0.6) is 0 Å². The molecule has 0 saturated carbocycles. The first-order valence-corrected chi connectivity index (χ1v) is 9.47. The van der Waals surface area contributed by atoms with Crippen LogP contribution < -0.4 is 0 Å². The Morgan fingerprint density at radius 3 is 2.57 bits per heavy atom. The van der Waals surface area contributed by atoms with Crippen molar-refractivity contribution in [1.82, 2.24) is 25.2 Å². The number of hydrogen-bond acceptors (Lipinski definition) is 7. The fourth-order valence-corrected chi connectivity index (χ4v) is 3.52. The number of amides is 1. The number of nitrogens with zero attached hydrogens (tertiary/aromatic N) is 5. The Labute approximate surface area is 162 Å². The van der Waals surface area contributed by atoms with Crippen LogP contribution in [0.1, 0.15) is 47.3 Å². The average Bonchev–Trinajstić information content (AvgIpc) is 3.31. The second kappa shape index (κ2) is 7.53. The summed E-state index contributed by atoms with van der Waals surface area (Å²) in [6, 6.07) is 3.85. The van der Waals surface area contributed by atoms with Gasteiger partial charge in [-0.1, -0.05) is 10.3 Å². The standard InChI is InChI=1S/C20H23N5O3/c1-12-4-5-16(11-21-12)20-22-19(24-28-20)15-6-8-25(9-7-15)18(26)10-17-13(2)23-27-14(17)3/h4-5,11,15H,6-10H2,1-3H3. The van der Waals surface area contributed by atoms with Gasteiger partial charge in [0.1, 0.15) is 5.76 Å². The Balaban J connectivity index is 1.36. The minimum absolute atomic E-state index is 0.104. The average molecular weight is 381 g/mol. The van der Waals surface area contributed by atoms with Gasteiger partial charge in [-0.15, -0.1) is 0 Å². The molecule has 4 heterocycles. The van der Waals surface area contributed by atoms with Crippen LogP contribution in [-0.4, -0.2) is 44.2 Å². The zero-order valence-corrected chi connectivity index (χ0v) is 16.3. The van der Waals surface area contributed by atoms with Crippen molar-refractivity contribution in [3.05, 3.63) is 46.9 Å². The lowest BCUT2D eigenvalue weighted by molar-refractivity contribution is -0.131. The number of carbonyl (C=O) groups excluding carboxylic acids is 1. The number of pyridine rings is 1. The Hall–Kier alpha value is -3.03. The molecule has 0 N–H and O–H groups in total. The molecule has 0 bridgehead atoms. The number of likely N-dealkylation sites (tertiary alicyclic amines) is 1. The van der Waals surface area contributed by atoms with Crippen molar-refractivity contribution >= 4 is 5.91 Å². The maximum atomic E-state index is 12.6. The minimum Gasteiger partial charge on any atom is -0.361 e. The summed E-state index contributed by atoms with van der Waals surface area (Å²) >= 11 is 0. The first kappa shape index (κ1) is 18.3. The van der Waals surface area contributed by atoms with E-state index in [4.69, 9.17) is 9.05 Å². The van der Waals surface area contributed by atoms with Gasteiger partial charge in [0.05, 0.1) is 17.7 Å². The molecular formula is C20H23N5O3. The summed E-state index contributed by atoms with van der Waals surface area (Å²) in [6.45, 7) is 7.00. The van der Waals surface area contributed by atoms with E-state index in [1.54, 1.807) is 6.20 Å². The highest BCUT2D eigenvalue weighted by Gasteiger charge is 2.28. The molecule has 0 spiro atoms. The van der Waals surface area contributed by atoms with Crippen molar-refractivity contribution in [2.75, 3.05) is 13.1 Å². The molecule has 0 radical (unpaired) electrons. The molecule has 3 aromatic heterocycles. The summed E-state index contributed by atoms with van der Waals surface area (Å²) in [4.78, 5) is 23.3. The highest BCUT2D eigenvalue weighted by Crippen LogP contribution is 2.28. The lowest BCUT2D eigenvalue weighted by Crippen LogP contribution is -2.39. The van der Waals surface area contributed by atoms with Gasteiger partial charge in [-0.05, 0) is 45.7 Å². The van der Waals surface area contributed by atoms with Crippen molar-refractivity contribution in [2.24, 2.45) is 0 Å². The molecule has 1 aliphatic heterocycles. The largest absolute Gasteiger partial charge is 0.361 e. The Bertz CT molecular complexity index is 949. The lowest BCUT2D eigenvalue weighted by atomic mass is 9.95. The van der Waals surface area contributed by atoms with Crippen LogP contribution in [0, 0.1) is 20.8 Å². The molecule has 0 atom stereocenters. The molecule has 4 rings (SSSR count). The van der Waals surface area contributed by atoms with Gasteiger partial charge in [-0.2, -0.15) is 4.98 Å². The molecular weight excluding hydrogens is 358 g/mol. The monoisotopic (exact) mass is 381 g/mol. The summed E-state index contributed by atoms with van der Waals surface area (Å²) in [5.41, 5.74) is 3.43. The van der Waals surface area contributed by atoms with Gasteiger partial charge in [0.25, 0.3) is 5.89 Å². The first-order valence-electron chi connectivity index (χ1n) is 9.47. The predicted molar refractivity (Wildman–Crippen MR) is 101 cm³/mol. The van der Waals surface area contributed by atoms with E-state index in [9.17, 15) is 4.79 Å². The number of carbonyl (C=O) groups is 1. The van der Waals surface area contributed by atoms with Crippen LogP contribution in [0.15, 0.2) is 27.4 Å². The highest BCUT2D eigenvalue weighted by atomic mass is 16.5. The molecule has 0 unspecified atom stereocenters. The summed E-state index contributed by atoms with van der Waals surface area (Å²) in [5, 5.41) is 8.08. The van der Waals surface area contributed by atoms with E-state index < -0.39 is 0 Å². The summed E-state index contributed by atoms with van der Waals surface area (Å²) < 4.78 is 10.6. The Morgan fingerprint density at radius 2 is 1.93 bits per heavy atom. The van der Waals surface area contributed by atoms with E-state index >= 15 is 0 Å². The topological polar surface area (TPSA) is 98.2 Å². The van der Waals surface area contributed by atoms with Crippen LogP contribution in [-0.2, 0) is 11.2 Å². The van der Waals surface area contributed by atoms with Crippen LogP contribution in [0.4, 0.5) is 0 Å². The van der Waals surface area contributed by atoms with E-state index in [1.807, 2.05) is 37.8 Å². The van der Waals surface area contributed by atoms with Gasteiger partial charge in [0, 0.05) is 36.5 Å². The van der Waals surface area contributed by atoms with Crippen LogP contribution >= 0.6 is 0 Å². The van der Waals surface area contributed by atoms with Crippen molar-refractivity contribution in [3.63, 3.8) is 0 Å². The maximum Gasteiger partial charge on any atom is 0.259 e. The zero-order chi connectivity index (χ0) is 19.7. The van der Waals surface area contributed by atoms with Crippen molar-refractivity contribution in [2.45, 2.75) is 46.0 Å². The highest BCUT2D eigenvalue weighted by molar-refractivity contribution is 5.79. The van der Waals surface area contributed by atoms with Crippen molar-refractivity contribution in [3.8, 4) is 11.5 Å². The number of rotatable bonds is 4. The number of aromatic nitrogens is 4. The third-order valence-electron chi connectivity index (χ3n) is 5.32. The lowest BCUT2D eigenvalue weighted by Gasteiger charge is -2.30. The van der Waals surface area contributed by atoms with Gasteiger partial charge < -0.3 is 13.9 Å². The smallest absolute Gasteiger partial charge is 0.259 e. The molecule has 0 aromatic carbocycles. The molecule has 0 aliphatic carbocycles. The number of hydrogen-bond donors (Lipinski definition) is 0. The molecule has 146 valence electrons. The molecule has 1 fully saturated rings. The first-order chi connectivity index (χ1) is 13.5. The molecule has 3 aromatic rings. The Kier molecular flexibility index (Phi) is 4.93. The van der Waals surface area contributed by atoms with E-state index in [-0.39, 0.29) is 11.8 Å². The van der Waals surface area contributed by atoms with Crippen LogP contribution in [0.3, 0.4) is 0 Å². The van der Waals surface area contributed by atoms with Gasteiger partial charge in [-0.3, -0.25) is 9.78 Å². The van der Waals surface area contributed by atoms with Gasteiger partial charge in [0.15, 0.2) is 5.82 Å². The van der Waals surface area contributed by atoms with E-state index in [0.29, 0.717) is 37.0 Å². The number of piperidine rings is 1. The molecule has 1 amide bonds. The van der Waals surface area contributed by atoms with Gasteiger partial charge in [0.2, 0.25) is 5.91 Å². The van der Waals surface area contributed by atoms with E-state index in [0.717, 1.165) is 35.4 Å². The third-order valence-corrected chi connectivity index (χ3v) is 5.32. The summed E-state index contributed by atoms with van der Waals surface area (Å²) in [7, 11) is 0. The number of aryl methyl sites for hydroxylation is 3. The van der Waals surface area contributed by atoms with Crippen molar-refractivity contribution < 1.29 is 13.8 Å². The Morgan fingerprint density at radius 1 is 1.14 bits per heavy atom. The fraction of sp³-hybridized carbons (Fsp3) is 0.450. The van der Waals surface area contributed by atoms with Gasteiger partial charge >= 0.3 is 0 Å². The normalized spacial score (nSPS) is 15.2. The zero-order valence-electron chi connectivity index (χ0n) is 16.3. The summed E-state index contributed by atoms with van der Waals surface area (Å²) in [6.07, 6.45) is 3.71. The fourth-order valence-electron chi connectivity index (χ4n) is 3.52.